The van der Waals surface area contributed by atoms with Crippen LogP contribution in [0, 0.1) is 16.0 Å². The quantitative estimate of drug-likeness (QED) is 0.500. The molecule has 1 aromatic rings. The van der Waals surface area contributed by atoms with E-state index in [4.69, 9.17) is 11.6 Å². The van der Waals surface area contributed by atoms with Crippen LogP contribution >= 0.6 is 11.6 Å². The Kier molecular flexibility index (Phi) is 2.96. The zero-order valence-corrected chi connectivity index (χ0v) is 9.57. The van der Waals surface area contributed by atoms with Gasteiger partial charge in [0.15, 0.2) is 0 Å². The molecule has 0 amide bonds. The van der Waals surface area contributed by atoms with Crippen LogP contribution in [0.3, 0.4) is 0 Å². The summed E-state index contributed by atoms with van der Waals surface area (Å²) in [5.41, 5.74) is -0.0313. The highest BCUT2D eigenvalue weighted by molar-refractivity contribution is 6.29. The van der Waals surface area contributed by atoms with Crippen LogP contribution in [0.2, 0.25) is 5.15 Å². The van der Waals surface area contributed by atoms with E-state index < -0.39 is 4.92 Å². The number of hydrogen-bond acceptors (Lipinski definition) is 4. The molecular formula is C10H12ClN3O2. The lowest BCUT2D eigenvalue weighted by atomic mass is 10.3. The van der Waals surface area contributed by atoms with Crippen molar-refractivity contribution >= 4 is 23.1 Å². The topological polar surface area (TPSA) is 68.1 Å². The van der Waals surface area contributed by atoms with Crippen LogP contribution in [0.4, 0.5) is 11.5 Å². The van der Waals surface area contributed by atoms with E-state index in [9.17, 15) is 10.1 Å². The number of hydrogen-bond donors (Lipinski definition) is 1. The molecule has 1 saturated carbocycles. The van der Waals surface area contributed by atoms with E-state index in [-0.39, 0.29) is 10.8 Å². The molecule has 86 valence electrons. The maximum atomic E-state index is 10.6. The Morgan fingerprint density at radius 2 is 2.44 bits per heavy atom. The highest BCUT2D eigenvalue weighted by Crippen LogP contribution is 2.36. The van der Waals surface area contributed by atoms with E-state index >= 15 is 0 Å². The lowest BCUT2D eigenvalue weighted by Gasteiger charge is -2.04. The van der Waals surface area contributed by atoms with Gasteiger partial charge in [-0.1, -0.05) is 24.9 Å². The summed E-state index contributed by atoms with van der Waals surface area (Å²) in [7, 11) is 0. The Bertz CT molecular complexity index is 425. The standard InChI is InChI=1S/C10H12ClN3O2/c1-2-6-3-8(6)12-10-5-7(14(15)16)4-9(11)13-10/h4-6,8H,2-3H2,1H3,(H,12,13). The Morgan fingerprint density at radius 3 is 3.00 bits per heavy atom. The number of halogens is 1. The first kappa shape index (κ1) is 11.1. The first-order valence-corrected chi connectivity index (χ1v) is 5.56. The van der Waals surface area contributed by atoms with Gasteiger partial charge >= 0.3 is 0 Å². The summed E-state index contributed by atoms with van der Waals surface area (Å²) in [5, 5.41) is 13.9. The molecule has 1 aliphatic carbocycles. The molecular weight excluding hydrogens is 230 g/mol. The summed E-state index contributed by atoms with van der Waals surface area (Å²) in [5.74, 6) is 1.14. The molecule has 1 N–H and O–H groups in total. The zero-order valence-electron chi connectivity index (χ0n) is 8.81. The fourth-order valence-corrected chi connectivity index (χ4v) is 1.93. The van der Waals surface area contributed by atoms with Crippen LogP contribution in [0.1, 0.15) is 19.8 Å². The molecule has 1 heterocycles. The molecule has 2 unspecified atom stereocenters. The molecule has 0 saturated heterocycles. The van der Waals surface area contributed by atoms with Gasteiger partial charge in [0.2, 0.25) is 0 Å². The zero-order chi connectivity index (χ0) is 11.7. The van der Waals surface area contributed by atoms with Gasteiger partial charge in [-0.2, -0.15) is 0 Å². The van der Waals surface area contributed by atoms with Gasteiger partial charge in [-0.25, -0.2) is 4.98 Å². The summed E-state index contributed by atoms with van der Waals surface area (Å²) in [6, 6.07) is 3.05. The van der Waals surface area contributed by atoms with Gasteiger partial charge in [0.05, 0.1) is 17.1 Å². The molecule has 1 aromatic heterocycles. The number of nitrogens with one attached hydrogen (secondary N) is 1. The average molecular weight is 242 g/mol. The van der Waals surface area contributed by atoms with Crippen molar-refractivity contribution in [3.63, 3.8) is 0 Å². The van der Waals surface area contributed by atoms with Crippen molar-refractivity contribution in [3.8, 4) is 0 Å². The Balaban J connectivity index is 2.12. The van der Waals surface area contributed by atoms with Gasteiger partial charge in [0.25, 0.3) is 5.69 Å². The third-order valence-corrected chi connectivity index (χ3v) is 2.96. The second-order valence-electron chi connectivity index (χ2n) is 3.95. The van der Waals surface area contributed by atoms with E-state index in [0.717, 1.165) is 12.8 Å². The normalized spacial score (nSPS) is 22.9. The van der Waals surface area contributed by atoms with Crippen LogP contribution in [0.15, 0.2) is 12.1 Å². The largest absolute Gasteiger partial charge is 0.367 e. The number of nitro groups is 1. The monoisotopic (exact) mass is 241 g/mol. The number of nitrogens with zero attached hydrogens (tertiary/aromatic N) is 2. The van der Waals surface area contributed by atoms with E-state index in [2.05, 4.69) is 17.2 Å². The van der Waals surface area contributed by atoms with E-state index in [1.54, 1.807) is 0 Å². The summed E-state index contributed by atoms with van der Waals surface area (Å²) < 4.78 is 0. The highest BCUT2D eigenvalue weighted by Gasteiger charge is 2.35. The smallest absolute Gasteiger partial charge is 0.276 e. The van der Waals surface area contributed by atoms with Gasteiger partial charge in [0.1, 0.15) is 11.0 Å². The van der Waals surface area contributed by atoms with Crippen molar-refractivity contribution in [1.29, 1.82) is 0 Å². The van der Waals surface area contributed by atoms with Crippen molar-refractivity contribution in [1.82, 2.24) is 4.98 Å². The Morgan fingerprint density at radius 1 is 1.69 bits per heavy atom. The lowest BCUT2D eigenvalue weighted by molar-refractivity contribution is -0.384. The minimum atomic E-state index is -0.469. The van der Waals surface area contributed by atoms with Crippen LogP contribution < -0.4 is 5.32 Å². The minimum Gasteiger partial charge on any atom is -0.367 e. The minimum absolute atomic E-state index is 0.0313. The van der Waals surface area contributed by atoms with Crippen LogP contribution in [0.25, 0.3) is 0 Å². The molecule has 2 rings (SSSR count). The SMILES string of the molecule is CCC1CC1Nc1cc([N+](=O)[O-])cc(Cl)n1. The fraction of sp³-hybridized carbons (Fsp3) is 0.500. The van der Waals surface area contributed by atoms with Crippen molar-refractivity contribution in [2.45, 2.75) is 25.8 Å². The highest BCUT2D eigenvalue weighted by atomic mass is 35.5. The molecule has 0 aromatic carbocycles. The lowest BCUT2D eigenvalue weighted by Crippen LogP contribution is -2.06. The van der Waals surface area contributed by atoms with Crippen LogP contribution in [0.5, 0.6) is 0 Å². The summed E-state index contributed by atoms with van der Waals surface area (Å²) >= 11 is 5.71. The second kappa shape index (κ2) is 4.25. The summed E-state index contributed by atoms with van der Waals surface area (Å²) in [6.45, 7) is 2.13. The average Bonchev–Trinajstić information content (AvgIpc) is 2.95. The third-order valence-electron chi connectivity index (χ3n) is 2.77. The second-order valence-corrected chi connectivity index (χ2v) is 4.33. The third kappa shape index (κ3) is 2.41. The Labute approximate surface area is 98.0 Å². The fourth-order valence-electron chi connectivity index (χ4n) is 1.73. The van der Waals surface area contributed by atoms with E-state index in [1.807, 2.05) is 0 Å². The predicted octanol–water partition coefficient (Wildman–Crippen LogP) is 2.85. The van der Waals surface area contributed by atoms with Crippen molar-refractivity contribution in [3.05, 3.63) is 27.4 Å². The maximum absolute atomic E-state index is 10.6. The number of anilines is 1. The van der Waals surface area contributed by atoms with Crippen LogP contribution in [-0.4, -0.2) is 15.9 Å². The molecule has 0 radical (unpaired) electrons. The van der Waals surface area contributed by atoms with Gasteiger partial charge in [0, 0.05) is 6.04 Å². The van der Waals surface area contributed by atoms with E-state index in [1.165, 1.54) is 12.1 Å². The molecule has 2 atom stereocenters. The van der Waals surface area contributed by atoms with E-state index in [0.29, 0.717) is 17.8 Å². The molecule has 1 fully saturated rings. The molecule has 0 aliphatic heterocycles. The molecule has 6 heteroatoms. The van der Waals surface area contributed by atoms with Gasteiger partial charge in [-0.3, -0.25) is 10.1 Å². The van der Waals surface area contributed by atoms with Crippen LogP contribution in [-0.2, 0) is 0 Å². The van der Waals surface area contributed by atoms with Gasteiger partial charge in [-0.15, -0.1) is 0 Å². The first-order chi connectivity index (χ1) is 7.60. The molecule has 16 heavy (non-hydrogen) atoms. The first-order valence-electron chi connectivity index (χ1n) is 5.18. The maximum Gasteiger partial charge on any atom is 0.276 e. The van der Waals surface area contributed by atoms with Gasteiger partial charge in [-0.05, 0) is 12.3 Å². The van der Waals surface area contributed by atoms with Gasteiger partial charge < -0.3 is 5.32 Å². The number of rotatable bonds is 4. The molecule has 0 bridgehead atoms. The molecule has 1 aliphatic rings. The Hall–Kier alpha value is -1.36. The molecule has 0 spiro atoms. The van der Waals surface area contributed by atoms with Crippen molar-refractivity contribution in [2.75, 3.05) is 5.32 Å². The van der Waals surface area contributed by atoms with Crippen molar-refractivity contribution < 1.29 is 4.92 Å². The predicted molar refractivity (Wildman–Crippen MR) is 61.7 cm³/mol. The number of aromatic nitrogens is 1. The molecule has 5 nitrogen and oxygen atoms in total. The number of pyridine rings is 1. The van der Waals surface area contributed by atoms with Crippen molar-refractivity contribution in [2.24, 2.45) is 5.92 Å². The summed E-state index contributed by atoms with van der Waals surface area (Å²) in [6.07, 6.45) is 2.21. The summed E-state index contributed by atoms with van der Waals surface area (Å²) in [4.78, 5) is 14.2.